The zero-order valence-electron chi connectivity index (χ0n) is 13.6. The number of ether oxygens (including phenoxy) is 2. The number of terminal acetylenes is 1. The minimum absolute atomic E-state index is 0.0821. The molecule has 2 unspecified atom stereocenters. The highest BCUT2D eigenvalue weighted by molar-refractivity contribution is 5.82. The van der Waals surface area contributed by atoms with Gasteiger partial charge in [-0.15, -0.1) is 6.42 Å². The van der Waals surface area contributed by atoms with Crippen molar-refractivity contribution in [1.82, 2.24) is 19.5 Å². The van der Waals surface area contributed by atoms with Gasteiger partial charge in [0, 0.05) is 6.61 Å². The summed E-state index contributed by atoms with van der Waals surface area (Å²) in [5.41, 5.74) is 1.04. The Balaban J connectivity index is 1.66. The molecule has 0 amide bonds. The van der Waals surface area contributed by atoms with Gasteiger partial charge in [0.05, 0.1) is 18.5 Å². The summed E-state index contributed by atoms with van der Waals surface area (Å²) in [6.07, 6.45) is 5.12. The molecule has 2 fully saturated rings. The van der Waals surface area contributed by atoms with Crippen molar-refractivity contribution in [3.63, 3.8) is 0 Å². The fraction of sp³-hybridized carbons (Fsp3) is 0.562. The van der Waals surface area contributed by atoms with Gasteiger partial charge in [0.2, 0.25) is 0 Å². The van der Waals surface area contributed by atoms with E-state index in [4.69, 9.17) is 15.9 Å². The van der Waals surface area contributed by atoms with Gasteiger partial charge in [0.15, 0.2) is 23.2 Å². The first-order valence-electron chi connectivity index (χ1n) is 8.13. The Morgan fingerprint density at radius 3 is 2.84 bits per heavy atom. The SMILES string of the molecule is C#C[C@H]1O[C@@H](n2cnc3c(NC4CCOC4C)ncnc32)[C@H](O)[C@@H]1O. The van der Waals surface area contributed by atoms with Gasteiger partial charge in [0.25, 0.3) is 0 Å². The number of fused-ring (bicyclic) bond motifs is 1. The van der Waals surface area contributed by atoms with Crippen LogP contribution in [-0.4, -0.2) is 66.8 Å². The number of nitrogens with zero attached hydrogens (tertiary/aromatic N) is 4. The largest absolute Gasteiger partial charge is 0.386 e. The van der Waals surface area contributed by atoms with Gasteiger partial charge >= 0.3 is 0 Å². The zero-order chi connectivity index (χ0) is 17.6. The molecule has 2 aromatic heterocycles. The molecule has 9 heteroatoms. The van der Waals surface area contributed by atoms with Crippen LogP contribution in [0.2, 0.25) is 0 Å². The fourth-order valence-electron chi connectivity index (χ4n) is 3.27. The number of aromatic nitrogens is 4. The topological polar surface area (TPSA) is 115 Å². The fourth-order valence-corrected chi connectivity index (χ4v) is 3.27. The van der Waals surface area contributed by atoms with Gasteiger partial charge in [-0.05, 0) is 13.3 Å². The van der Waals surface area contributed by atoms with Crippen molar-refractivity contribution in [2.45, 2.75) is 50.0 Å². The number of hydrogen-bond donors (Lipinski definition) is 3. The van der Waals surface area contributed by atoms with Gasteiger partial charge in [-0.25, -0.2) is 15.0 Å². The van der Waals surface area contributed by atoms with Crippen LogP contribution in [0.3, 0.4) is 0 Å². The molecule has 0 aromatic carbocycles. The molecule has 25 heavy (non-hydrogen) atoms. The van der Waals surface area contributed by atoms with E-state index in [9.17, 15) is 10.2 Å². The lowest BCUT2D eigenvalue weighted by Crippen LogP contribution is -2.30. The van der Waals surface area contributed by atoms with Crippen LogP contribution in [0.1, 0.15) is 19.6 Å². The van der Waals surface area contributed by atoms with Crippen LogP contribution in [0.4, 0.5) is 5.82 Å². The van der Waals surface area contributed by atoms with Gasteiger partial charge < -0.3 is 25.0 Å². The lowest BCUT2D eigenvalue weighted by Gasteiger charge is -2.18. The summed E-state index contributed by atoms with van der Waals surface area (Å²) in [5, 5.41) is 23.5. The average molecular weight is 345 g/mol. The van der Waals surface area contributed by atoms with E-state index in [0.717, 1.165) is 6.42 Å². The van der Waals surface area contributed by atoms with E-state index in [1.165, 1.54) is 12.7 Å². The van der Waals surface area contributed by atoms with Crippen LogP contribution in [0.25, 0.3) is 11.2 Å². The van der Waals surface area contributed by atoms with Gasteiger partial charge in [-0.1, -0.05) is 5.92 Å². The lowest BCUT2D eigenvalue weighted by atomic mass is 10.1. The molecule has 0 radical (unpaired) electrons. The number of rotatable bonds is 3. The third-order valence-electron chi connectivity index (χ3n) is 4.73. The second-order valence-corrected chi connectivity index (χ2v) is 6.26. The van der Waals surface area contributed by atoms with Crippen LogP contribution in [0.5, 0.6) is 0 Å². The molecule has 4 rings (SSSR count). The summed E-state index contributed by atoms with van der Waals surface area (Å²) in [5.74, 6) is 2.91. The number of aliphatic hydroxyl groups excluding tert-OH is 2. The molecule has 2 saturated heterocycles. The molecule has 0 spiro atoms. The van der Waals surface area contributed by atoms with Crippen molar-refractivity contribution >= 4 is 17.0 Å². The van der Waals surface area contributed by atoms with Gasteiger partial charge in [-0.3, -0.25) is 4.57 Å². The van der Waals surface area contributed by atoms with Gasteiger partial charge in [-0.2, -0.15) is 0 Å². The van der Waals surface area contributed by atoms with Crippen molar-refractivity contribution in [3.05, 3.63) is 12.7 Å². The first-order chi connectivity index (χ1) is 12.1. The van der Waals surface area contributed by atoms with E-state index in [2.05, 4.69) is 26.2 Å². The highest BCUT2D eigenvalue weighted by Crippen LogP contribution is 2.32. The summed E-state index contributed by atoms with van der Waals surface area (Å²) >= 11 is 0. The van der Waals surface area contributed by atoms with E-state index in [1.807, 2.05) is 6.92 Å². The van der Waals surface area contributed by atoms with E-state index in [-0.39, 0.29) is 12.1 Å². The van der Waals surface area contributed by atoms with Crippen molar-refractivity contribution < 1.29 is 19.7 Å². The molecule has 2 aromatic rings. The Morgan fingerprint density at radius 1 is 1.32 bits per heavy atom. The van der Waals surface area contributed by atoms with Crippen molar-refractivity contribution in [2.24, 2.45) is 0 Å². The predicted octanol–water partition coefficient (Wildman–Crippen LogP) is -0.332. The van der Waals surface area contributed by atoms with Gasteiger partial charge in [0.1, 0.15) is 24.6 Å². The van der Waals surface area contributed by atoms with Crippen LogP contribution in [0, 0.1) is 12.3 Å². The summed E-state index contributed by atoms with van der Waals surface area (Å²) in [6, 6.07) is 0.143. The van der Waals surface area contributed by atoms with E-state index in [1.54, 1.807) is 4.57 Å². The maximum absolute atomic E-state index is 10.2. The normalized spacial score (nSPS) is 35.1. The van der Waals surface area contributed by atoms with E-state index in [0.29, 0.717) is 23.6 Å². The number of nitrogens with one attached hydrogen (secondary N) is 1. The molecule has 9 nitrogen and oxygen atoms in total. The summed E-state index contributed by atoms with van der Waals surface area (Å²) in [4.78, 5) is 12.9. The Labute approximate surface area is 144 Å². The molecule has 2 aliphatic heterocycles. The monoisotopic (exact) mass is 345 g/mol. The third-order valence-corrected chi connectivity index (χ3v) is 4.73. The quantitative estimate of drug-likeness (QED) is 0.648. The van der Waals surface area contributed by atoms with Crippen LogP contribution >= 0.6 is 0 Å². The maximum atomic E-state index is 10.2. The second kappa shape index (κ2) is 6.24. The Kier molecular flexibility index (Phi) is 4.05. The Hall–Kier alpha value is -2.25. The van der Waals surface area contributed by atoms with Crippen molar-refractivity contribution in [2.75, 3.05) is 11.9 Å². The molecule has 0 aliphatic carbocycles. The summed E-state index contributed by atoms with van der Waals surface area (Å²) in [6.45, 7) is 2.71. The highest BCUT2D eigenvalue weighted by Gasteiger charge is 2.43. The second-order valence-electron chi connectivity index (χ2n) is 6.26. The molecule has 4 heterocycles. The minimum Gasteiger partial charge on any atom is -0.386 e. The van der Waals surface area contributed by atoms with Crippen LogP contribution in [-0.2, 0) is 9.47 Å². The average Bonchev–Trinajstić information content (AvgIpc) is 3.29. The molecular formula is C16H19N5O4. The molecule has 3 N–H and O–H groups in total. The van der Waals surface area contributed by atoms with Crippen molar-refractivity contribution in [3.8, 4) is 12.3 Å². The Bertz CT molecular complexity index is 818. The standard InChI is InChI=1S/C16H19N5O4/c1-3-10-12(22)13(23)16(25-10)21-7-19-11-14(17-6-18-15(11)21)20-9-4-5-24-8(9)2/h1,6-10,12-13,16,22-23H,4-5H2,2H3,(H,17,18,20)/t8?,9?,10-,12-,13-,16-/m1/s1. The lowest BCUT2D eigenvalue weighted by molar-refractivity contribution is -0.0230. The Morgan fingerprint density at radius 2 is 2.16 bits per heavy atom. The van der Waals surface area contributed by atoms with Crippen LogP contribution < -0.4 is 5.32 Å². The molecule has 6 atom stereocenters. The summed E-state index contributed by atoms with van der Waals surface area (Å²) < 4.78 is 12.7. The molecule has 0 bridgehead atoms. The first kappa shape index (κ1) is 16.2. The number of aliphatic hydroxyl groups is 2. The maximum Gasteiger partial charge on any atom is 0.167 e. The number of anilines is 1. The van der Waals surface area contributed by atoms with E-state index < -0.39 is 24.5 Å². The molecular weight excluding hydrogens is 326 g/mol. The van der Waals surface area contributed by atoms with E-state index >= 15 is 0 Å². The smallest absolute Gasteiger partial charge is 0.167 e. The number of hydrogen-bond acceptors (Lipinski definition) is 8. The van der Waals surface area contributed by atoms with Crippen molar-refractivity contribution in [1.29, 1.82) is 0 Å². The minimum atomic E-state index is -1.17. The molecule has 132 valence electrons. The van der Waals surface area contributed by atoms with Crippen LogP contribution in [0.15, 0.2) is 12.7 Å². The molecule has 2 aliphatic rings. The predicted molar refractivity (Wildman–Crippen MR) is 87.5 cm³/mol. The first-order valence-corrected chi connectivity index (χ1v) is 8.13. The molecule has 0 saturated carbocycles. The third kappa shape index (κ3) is 2.63. The highest BCUT2D eigenvalue weighted by atomic mass is 16.6. The summed E-state index contributed by atoms with van der Waals surface area (Å²) in [7, 11) is 0. The zero-order valence-corrected chi connectivity index (χ0v) is 13.6. The number of imidazole rings is 1.